The first-order valence-corrected chi connectivity index (χ1v) is 7.53. The molecule has 23 heavy (non-hydrogen) atoms. The molecule has 0 bridgehead atoms. The number of furan rings is 1. The Bertz CT molecular complexity index is 656. The lowest BCUT2D eigenvalue weighted by Gasteiger charge is -2.12. The van der Waals surface area contributed by atoms with Crippen molar-refractivity contribution < 1.29 is 9.21 Å². The average molecular weight is 335 g/mol. The molecule has 122 valence electrons. The first-order valence-electron chi connectivity index (χ1n) is 7.15. The van der Waals surface area contributed by atoms with Crippen molar-refractivity contribution in [3.63, 3.8) is 0 Å². The number of aliphatic imine (C=N–C) groups is 1. The third kappa shape index (κ3) is 6.04. The van der Waals surface area contributed by atoms with Crippen LogP contribution in [-0.2, 0) is 17.9 Å². The Labute approximate surface area is 139 Å². The van der Waals surface area contributed by atoms with Crippen molar-refractivity contribution in [1.82, 2.24) is 16.0 Å². The quantitative estimate of drug-likeness (QED) is 0.557. The Morgan fingerprint density at radius 2 is 2.04 bits per heavy atom. The Kier molecular flexibility index (Phi) is 6.50. The van der Waals surface area contributed by atoms with E-state index in [9.17, 15) is 4.79 Å². The Morgan fingerprint density at radius 1 is 1.17 bits per heavy atom. The summed E-state index contributed by atoms with van der Waals surface area (Å²) in [5.74, 6) is 1.10. The van der Waals surface area contributed by atoms with Crippen molar-refractivity contribution in [3.05, 3.63) is 59.0 Å². The lowest BCUT2D eigenvalue weighted by atomic mass is 10.2. The van der Waals surface area contributed by atoms with Gasteiger partial charge in [-0.25, -0.2) is 0 Å². The molecule has 2 rings (SSSR count). The van der Waals surface area contributed by atoms with Crippen LogP contribution in [0.5, 0.6) is 0 Å². The lowest BCUT2D eigenvalue weighted by molar-refractivity contribution is -0.120. The van der Waals surface area contributed by atoms with E-state index in [2.05, 4.69) is 20.9 Å². The summed E-state index contributed by atoms with van der Waals surface area (Å²) in [5, 5.41) is 9.50. The van der Waals surface area contributed by atoms with Crippen LogP contribution in [0.2, 0.25) is 5.02 Å². The first-order chi connectivity index (χ1) is 11.2. The zero-order valence-corrected chi connectivity index (χ0v) is 13.6. The van der Waals surface area contributed by atoms with Gasteiger partial charge in [0.05, 0.1) is 19.4 Å². The largest absolute Gasteiger partial charge is 0.467 e. The molecule has 1 aromatic heterocycles. The van der Waals surface area contributed by atoms with Crippen molar-refractivity contribution in [2.24, 2.45) is 4.99 Å². The molecule has 1 aromatic carbocycles. The van der Waals surface area contributed by atoms with Crippen LogP contribution < -0.4 is 16.0 Å². The molecule has 1 amide bonds. The molecule has 2 aromatic rings. The number of carbonyl (C=O) groups is 1. The van der Waals surface area contributed by atoms with E-state index in [1.54, 1.807) is 25.4 Å². The van der Waals surface area contributed by atoms with Gasteiger partial charge < -0.3 is 20.4 Å². The summed E-state index contributed by atoms with van der Waals surface area (Å²) in [7, 11) is 1.65. The van der Waals surface area contributed by atoms with Crippen molar-refractivity contribution in [2.45, 2.75) is 13.1 Å². The van der Waals surface area contributed by atoms with Gasteiger partial charge in [0.15, 0.2) is 5.96 Å². The normalized spacial score (nSPS) is 11.1. The summed E-state index contributed by atoms with van der Waals surface area (Å²) >= 11 is 5.94. The standard InChI is InChI=1S/C16H19ClN4O2/c1-18-16(20-9-12-4-2-5-13(17)8-12)21-11-15(22)19-10-14-6-3-7-23-14/h2-8H,9-11H2,1H3,(H,19,22)(H2,18,20,21). The first kappa shape index (κ1) is 16.9. The third-order valence-corrected chi connectivity index (χ3v) is 3.26. The summed E-state index contributed by atoms with van der Waals surface area (Å²) < 4.78 is 5.15. The van der Waals surface area contributed by atoms with E-state index in [4.69, 9.17) is 16.0 Å². The molecule has 0 aliphatic heterocycles. The summed E-state index contributed by atoms with van der Waals surface area (Å²) in [6.45, 7) is 1.05. The number of nitrogens with one attached hydrogen (secondary N) is 3. The van der Waals surface area contributed by atoms with Crippen LogP contribution in [0.3, 0.4) is 0 Å². The molecule has 0 unspecified atom stereocenters. The molecule has 6 nitrogen and oxygen atoms in total. The summed E-state index contributed by atoms with van der Waals surface area (Å²) in [6, 6.07) is 11.1. The number of halogens is 1. The van der Waals surface area contributed by atoms with Gasteiger partial charge in [-0.1, -0.05) is 23.7 Å². The summed E-state index contributed by atoms with van der Waals surface area (Å²) in [6.07, 6.45) is 1.57. The maximum absolute atomic E-state index is 11.8. The number of hydrogen-bond donors (Lipinski definition) is 3. The Balaban J connectivity index is 1.71. The fourth-order valence-electron chi connectivity index (χ4n) is 1.88. The molecule has 0 aliphatic carbocycles. The molecule has 0 saturated carbocycles. The molecule has 0 aliphatic rings. The highest BCUT2D eigenvalue weighted by atomic mass is 35.5. The highest BCUT2D eigenvalue weighted by molar-refractivity contribution is 6.30. The van der Waals surface area contributed by atoms with Gasteiger partial charge in [0.25, 0.3) is 0 Å². The van der Waals surface area contributed by atoms with Gasteiger partial charge in [0, 0.05) is 18.6 Å². The van der Waals surface area contributed by atoms with Crippen LogP contribution in [0.25, 0.3) is 0 Å². The number of carbonyl (C=O) groups excluding carboxylic acids is 1. The van der Waals surface area contributed by atoms with Gasteiger partial charge in [-0.2, -0.15) is 0 Å². The highest BCUT2D eigenvalue weighted by Gasteiger charge is 2.04. The van der Waals surface area contributed by atoms with E-state index < -0.39 is 0 Å². The molecule has 1 heterocycles. The van der Waals surface area contributed by atoms with Crippen LogP contribution in [0.15, 0.2) is 52.1 Å². The van der Waals surface area contributed by atoms with E-state index >= 15 is 0 Å². The number of amides is 1. The molecular formula is C16H19ClN4O2. The maximum Gasteiger partial charge on any atom is 0.239 e. The van der Waals surface area contributed by atoms with Gasteiger partial charge >= 0.3 is 0 Å². The van der Waals surface area contributed by atoms with Crippen molar-refractivity contribution in [3.8, 4) is 0 Å². The summed E-state index contributed by atoms with van der Waals surface area (Å²) in [5.41, 5.74) is 1.03. The molecule has 7 heteroatoms. The molecule has 0 atom stereocenters. The van der Waals surface area contributed by atoms with Gasteiger partial charge in [-0.05, 0) is 29.8 Å². The predicted molar refractivity (Wildman–Crippen MR) is 90.2 cm³/mol. The fourth-order valence-corrected chi connectivity index (χ4v) is 2.09. The van der Waals surface area contributed by atoms with Gasteiger partial charge in [0.1, 0.15) is 5.76 Å². The highest BCUT2D eigenvalue weighted by Crippen LogP contribution is 2.10. The SMILES string of the molecule is CN=C(NCC(=O)NCc1ccco1)NCc1cccc(Cl)c1. The van der Waals surface area contributed by atoms with Crippen LogP contribution >= 0.6 is 11.6 Å². The van der Waals surface area contributed by atoms with Crippen LogP contribution in [0, 0.1) is 0 Å². The maximum atomic E-state index is 11.8. The van der Waals surface area contributed by atoms with Crippen molar-refractivity contribution >= 4 is 23.5 Å². The van der Waals surface area contributed by atoms with Crippen LogP contribution in [0.1, 0.15) is 11.3 Å². The number of rotatable bonds is 6. The summed E-state index contributed by atoms with van der Waals surface area (Å²) in [4.78, 5) is 15.8. The molecule has 3 N–H and O–H groups in total. The van der Waals surface area contributed by atoms with Gasteiger partial charge in [-0.3, -0.25) is 9.79 Å². The number of benzene rings is 1. The van der Waals surface area contributed by atoms with Gasteiger partial charge in [0.2, 0.25) is 5.91 Å². The van der Waals surface area contributed by atoms with Crippen LogP contribution in [0.4, 0.5) is 0 Å². The second-order valence-electron chi connectivity index (χ2n) is 4.77. The molecule has 0 radical (unpaired) electrons. The van der Waals surface area contributed by atoms with E-state index in [1.165, 1.54) is 0 Å². The van der Waals surface area contributed by atoms with Gasteiger partial charge in [-0.15, -0.1) is 0 Å². The zero-order chi connectivity index (χ0) is 16.5. The minimum atomic E-state index is -0.146. The fraction of sp³-hybridized carbons (Fsp3) is 0.250. The predicted octanol–water partition coefficient (Wildman–Crippen LogP) is 1.91. The van der Waals surface area contributed by atoms with E-state index in [1.807, 2.05) is 24.3 Å². The second kappa shape index (κ2) is 8.85. The lowest BCUT2D eigenvalue weighted by Crippen LogP contribution is -2.42. The number of nitrogens with zero attached hydrogens (tertiary/aromatic N) is 1. The second-order valence-corrected chi connectivity index (χ2v) is 5.20. The monoisotopic (exact) mass is 334 g/mol. The minimum Gasteiger partial charge on any atom is -0.467 e. The van der Waals surface area contributed by atoms with Crippen molar-refractivity contribution in [1.29, 1.82) is 0 Å². The third-order valence-electron chi connectivity index (χ3n) is 3.03. The molecule has 0 spiro atoms. The zero-order valence-electron chi connectivity index (χ0n) is 12.8. The van der Waals surface area contributed by atoms with Crippen LogP contribution in [-0.4, -0.2) is 25.5 Å². The number of hydrogen-bond acceptors (Lipinski definition) is 3. The average Bonchev–Trinajstić information content (AvgIpc) is 3.06. The minimum absolute atomic E-state index is 0.121. The van der Waals surface area contributed by atoms with Crippen molar-refractivity contribution in [2.75, 3.05) is 13.6 Å². The Hall–Kier alpha value is -2.47. The molecule has 0 saturated heterocycles. The molecule has 0 fully saturated rings. The number of guanidine groups is 1. The van der Waals surface area contributed by atoms with E-state index in [0.29, 0.717) is 29.8 Å². The molecular weight excluding hydrogens is 316 g/mol. The topological polar surface area (TPSA) is 78.7 Å². The smallest absolute Gasteiger partial charge is 0.239 e. The van der Waals surface area contributed by atoms with E-state index in [0.717, 1.165) is 5.56 Å². The Morgan fingerprint density at radius 3 is 2.74 bits per heavy atom. The van der Waals surface area contributed by atoms with E-state index in [-0.39, 0.29) is 12.5 Å².